The van der Waals surface area contributed by atoms with Gasteiger partial charge in [0.05, 0.1) is 0 Å². The van der Waals surface area contributed by atoms with Gasteiger partial charge in [-0.05, 0) is 141 Å². The average molecular weight is 893 g/mol. The SMILES string of the molecule is CC1=CCC([Si](c2cc(Cc3ccccc3)cc(Cc3ccccc3)c2)(c2cc(Cc3ccccc3)cc(Cc3ccccc3)c2)c2cc(Cc3ccccc3)cc(Cc3ccccc3)c2)=C1C. The molecule has 1 heteroatoms. The van der Waals surface area contributed by atoms with Crippen LogP contribution in [-0.2, 0) is 38.5 Å². The first-order valence-electron chi connectivity index (χ1n) is 24.5. The zero-order chi connectivity index (χ0) is 46.1. The second kappa shape index (κ2) is 20.7. The van der Waals surface area contributed by atoms with Gasteiger partial charge in [-0.2, -0.15) is 0 Å². The van der Waals surface area contributed by atoms with E-state index in [0.717, 1.165) is 44.9 Å². The fourth-order valence-electron chi connectivity index (χ4n) is 10.8. The Morgan fingerprint density at radius 3 is 0.691 bits per heavy atom. The highest BCUT2D eigenvalue weighted by atomic mass is 28.3. The molecule has 9 aromatic rings. The Morgan fingerprint density at radius 1 is 0.279 bits per heavy atom. The minimum absolute atomic E-state index is 0.872. The van der Waals surface area contributed by atoms with Crippen LogP contribution in [0.3, 0.4) is 0 Å². The zero-order valence-corrected chi connectivity index (χ0v) is 40.5. The van der Waals surface area contributed by atoms with Crippen LogP contribution >= 0.6 is 0 Å². The van der Waals surface area contributed by atoms with Crippen LogP contribution in [0.1, 0.15) is 87.0 Å². The molecule has 10 rings (SSSR count). The Labute approximate surface area is 406 Å². The Hall–Kier alpha value is -7.32. The summed E-state index contributed by atoms with van der Waals surface area (Å²) in [6.45, 7) is 4.76. The van der Waals surface area contributed by atoms with Gasteiger partial charge in [0.2, 0.25) is 0 Å². The average Bonchev–Trinajstić information content (AvgIpc) is 3.70. The van der Waals surface area contributed by atoms with Gasteiger partial charge >= 0.3 is 0 Å². The second-order valence-electron chi connectivity index (χ2n) is 19.0. The molecule has 0 heterocycles. The molecule has 0 saturated heterocycles. The lowest BCUT2D eigenvalue weighted by atomic mass is 9.99. The van der Waals surface area contributed by atoms with E-state index in [4.69, 9.17) is 0 Å². The lowest BCUT2D eigenvalue weighted by molar-refractivity contribution is 1.14. The first kappa shape index (κ1) is 44.5. The molecule has 0 fully saturated rings. The molecule has 332 valence electrons. The molecule has 0 radical (unpaired) electrons. The van der Waals surface area contributed by atoms with E-state index in [1.165, 1.54) is 93.5 Å². The molecule has 0 bridgehead atoms. The number of rotatable bonds is 16. The maximum absolute atomic E-state index is 3.16. The van der Waals surface area contributed by atoms with Crippen molar-refractivity contribution in [1.29, 1.82) is 0 Å². The highest BCUT2D eigenvalue weighted by molar-refractivity contribution is 7.16. The van der Waals surface area contributed by atoms with Gasteiger partial charge < -0.3 is 0 Å². The van der Waals surface area contributed by atoms with Crippen molar-refractivity contribution in [2.45, 2.75) is 58.8 Å². The summed E-state index contributed by atoms with van der Waals surface area (Å²) in [5, 5.41) is 6.01. The molecule has 1 aliphatic rings. The maximum Gasteiger partial charge on any atom is 0.176 e. The summed E-state index contributed by atoms with van der Waals surface area (Å²) in [4.78, 5) is 0. The van der Waals surface area contributed by atoms with Crippen molar-refractivity contribution >= 4 is 23.6 Å². The van der Waals surface area contributed by atoms with Crippen LogP contribution < -0.4 is 15.6 Å². The normalized spacial score (nSPS) is 12.6. The standard InChI is InChI=1S/C67H60Si/c1-50-33-34-67(51(50)2)68(64-44-58(35-52-21-9-3-10-22-52)41-59(45-64)36-53-23-11-4-12-24-53,65-46-60(37-54-25-13-5-14-26-54)42-61(47-65)38-55-27-15-6-16-28-55)66-48-62(39-56-29-17-7-18-30-56)43-63(49-66)40-57-31-19-8-20-32-57/h3-33,41-49H,34-40H2,1-2H3. The fourth-order valence-corrected chi connectivity index (χ4v) is 16.4. The zero-order valence-electron chi connectivity index (χ0n) is 39.5. The van der Waals surface area contributed by atoms with Crippen molar-refractivity contribution < 1.29 is 0 Å². The molecular weight excluding hydrogens is 833 g/mol. The molecule has 0 aromatic heterocycles. The summed E-state index contributed by atoms with van der Waals surface area (Å²) in [5.74, 6) is 0. The lowest BCUT2D eigenvalue weighted by Gasteiger charge is -2.38. The topological polar surface area (TPSA) is 0 Å². The van der Waals surface area contributed by atoms with Gasteiger partial charge in [-0.15, -0.1) is 0 Å². The van der Waals surface area contributed by atoms with Gasteiger partial charge in [0.1, 0.15) is 0 Å². The number of hydrogen-bond acceptors (Lipinski definition) is 0. The quantitative estimate of drug-likeness (QED) is 0.0670. The summed E-state index contributed by atoms with van der Waals surface area (Å²) in [6, 6.07) is 89.8. The van der Waals surface area contributed by atoms with E-state index in [-0.39, 0.29) is 0 Å². The molecule has 0 unspecified atom stereocenters. The molecule has 68 heavy (non-hydrogen) atoms. The van der Waals surface area contributed by atoms with Gasteiger partial charge in [-0.1, -0.05) is 259 Å². The third-order valence-corrected chi connectivity index (χ3v) is 19.0. The molecule has 0 nitrogen and oxygen atoms in total. The predicted molar refractivity (Wildman–Crippen MR) is 291 cm³/mol. The fraction of sp³-hybridized carbons (Fsp3) is 0.134. The number of benzene rings is 9. The smallest absolute Gasteiger partial charge is 0.0776 e. The number of hydrogen-bond donors (Lipinski definition) is 0. The van der Waals surface area contributed by atoms with Crippen molar-refractivity contribution in [3.05, 3.63) is 326 Å². The summed E-state index contributed by atoms with van der Waals surface area (Å²) in [5.41, 5.74) is 19.1. The van der Waals surface area contributed by atoms with Gasteiger partial charge in [0.25, 0.3) is 0 Å². The van der Waals surface area contributed by atoms with Gasteiger partial charge in [0.15, 0.2) is 8.07 Å². The highest BCUT2D eigenvalue weighted by Crippen LogP contribution is 2.35. The van der Waals surface area contributed by atoms with E-state index < -0.39 is 8.07 Å². The summed E-state index contributed by atoms with van der Waals surface area (Å²) in [6.07, 6.45) is 8.69. The third-order valence-electron chi connectivity index (χ3n) is 14.1. The first-order valence-corrected chi connectivity index (χ1v) is 26.5. The molecule has 0 atom stereocenters. The van der Waals surface area contributed by atoms with E-state index in [1.807, 2.05) is 0 Å². The van der Waals surface area contributed by atoms with Gasteiger partial charge in [0, 0.05) is 0 Å². The molecule has 9 aromatic carbocycles. The van der Waals surface area contributed by atoms with Crippen LogP contribution in [0.5, 0.6) is 0 Å². The number of allylic oxidation sites excluding steroid dienone is 4. The second-order valence-corrected chi connectivity index (χ2v) is 22.9. The lowest BCUT2D eigenvalue weighted by Crippen LogP contribution is -2.69. The summed E-state index contributed by atoms with van der Waals surface area (Å²) < 4.78 is 0. The molecule has 1 aliphatic carbocycles. The summed E-state index contributed by atoms with van der Waals surface area (Å²) in [7, 11) is -3.16. The first-order chi connectivity index (χ1) is 33.4. The van der Waals surface area contributed by atoms with Crippen LogP contribution in [-0.4, -0.2) is 8.07 Å². The van der Waals surface area contributed by atoms with Crippen LogP contribution in [0.2, 0.25) is 0 Å². The van der Waals surface area contributed by atoms with Gasteiger partial charge in [-0.3, -0.25) is 0 Å². The van der Waals surface area contributed by atoms with E-state index in [2.05, 4.69) is 257 Å². The van der Waals surface area contributed by atoms with E-state index >= 15 is 0 Å². The van der Waals surface area contributed by atoms with E-state index in [9.17, 15) is 0 Å². The maximum atomic E-state index is 2.64. The van der Waals surface area contributed by atoms with Crippen LogP contribution in [0.4, 0.5) is 0 Å². The molecule has 0 saturated carbocycles. The van der Waals surface area contributed by atoms with E-state index in [0.29, 0.717) is 0 Å². The highest BCUT2D eigenvalue weighted by Gasteiger charge is 2.46. The monoisotopic (exact) mass is 892 g/mol. The van der Waals surface area contributed by atoms with Crippen molar-refractivity contribution in [2.75, 3.05) is 0 Å². The molecule has 0 spiro atoms. The molecule has 0 amide bonds. The van der Waals surface area contributed by atoms with Crippen molar-refractivity contribution in [3.8, 4) is 0 Å². The Morgan fingerprint density at radius 2 is 0.500 bits per heavy atom. The van der Waals surface area contributed by atoms with Crippen molar-refractivity contribution in [3.63, 3.8) is 0 Å². The Balaban J connectivity index is 1.30. The Bertz CT molecular complexity index is 2670. The van der Waals surface area contributed by atoms with Crippen molar-refractivity contribution in [2.24, 2.45) is 0 Å². The minimum Gasteiger partial charge on any atom is -0.0776 e. The Kier molecular flexibility index (Phi) is 13.5. The summed E-state index contributed by atoms with van der Waals surface area (Å²) >= 11 is 0. The van der Waals surface area contributed by atoms with Crippen LogP contribution in [0.15, 0.2) is 259 Å². The molecular formula is C67H60Si. The van der Waals surface area contributed by atoms with Gasteiger partial charge in [-0.25, -0.2) is 0 Å². The predicted octanol–water partition coefficient (Wildman–Crippen LogP) is 13.9. The molecule has 0 N–H and O–H groups in total. The third kappa shape index (κ3) is 10.3. The van der Waals surface area contributed by atoms with Crippen LogP contribution in [0.25, 0.3) is 0 Å². The molecule has 0 aliphatic heterocycles. The largest absolute Gasteiger partial charge is 0.176 e. The van der Waals surface area contributed by atoms with Crippen molar-refractivity contribution in [1.82, 2.24) is 0 Å². The van der Waals surface area contributed by atoms with E-state index in [1.54, 1.807) is 5.20 Å². The van der Waals surface area contributed by atoms with Crippen LogP contribution in [0, 0.1) is 0 Å². The minimum atomic E-state index is -3.16.